The van der Waals surface area contributed by atoms with Crippen molar-refractivity contribution in [2.75, 3.05) is 25.0 Å². The van der Waals surface area contributed by atoms with Crippen LogP contribution in [0, 0.1) is 5.92 Å². The average molecular weight is 254 g/mol. The maximum atomic E-state index is 11.6. The van der Waals surface area contributed by atoms with E-state index in [1.807, 2.05) is 12.1 Å². The Morgan fingerprint density at radius 1 is 1.47 bits per heavy atom. The fourth-order valence-electron chi connectivity index (χ4n) is 1.85. The standard InChI is InChI=1S/C12H16ClN3O/c13-10-3-1-2-4-11(10)16-12(17)15-8-9-5-6-14-7-9/h1-4,9,14H,5-8H2,(H2,15,16,17). The maximum absolute atomic E-state index is 11.6. The summed E-state index contributed by atoms with van der Waals surface area (Å²) >= 11 is 5.94. The molecule has 1 atom stereocenters. The van der Waals surface area contributed by atoms with Gasteiger partial charge in [-0.2, -0.15) is 0 Å². The lowest BCUT2D eigenvalue weighted by Crippen LogP contribution is -2.33. The van der Waals surface area contributed by atoms with Gasteiger partial charge in [0, 0.05) is 6.54 Å². The first-order valence-electron chi connectivity index (χ1n) is 5.76. The summed E-state index contributed by atoms with van der Waals surface area (Å²) in [5, 5.41) is 9.39. The van der Waals surface area contributed by atoms with E-state index in [9.17, 15) is 4.79 Å². The average Bonchev–Trinajstić information content (AvgIpc) is 2.82. The Balaban J connectivity index is 1.79. The Kier molecular flexibility index (Phi) is 4.23. The highest BCUT2D eigenvalue weighted by atomic mass is 35.5. The van der Waals surface area contributed by atoms with Crippen LogP contribution < -0.4 is 16.0 Å². The molecule has 1 aliphatic rings. The van der Waals surface area contributed by atoms with Crippen molar-refractivity contribution < 1.29 is 4.79 Å². The Morgan fingerprint density at radius 2 is 2.29 bits per heavy atom. The van der Waals surface area contributed by atoms with Crippen molar-refractivity contribution in [3.63, 3.8) is 0 Å². The van der Waals surface area contributed by atoms with Crippen LogP contribution in [0.1, 0.15) is 6.42 Å². The van der Waals surface area contributed by atoms with E-state index in [0.717, 1.165) is 19.5 Å². The number of halogens is 1. The Bertz CT molecular complexity index is 391. The zero-order valence-electron chi connectivity index (χ0n) is 9.50. The van der Waals surface area contributed by atoms with Gasteiger partial charge in [-0.1, -0.05) is 23.7 Å². The number of benzene rings is 1. The van der Waals surface area contributed by atoms with Crippen LogP contribution in [0.25, 0.3) is 0 Å². The van der Waals surface area contributed by atoms with Gasteiger partial charge in [-0.3, -0.25) is 0 Å². The van der Waals surface area contributed by atoms with Crippen molar-refractivity contribution in [3.8, 4) is 0 Å². The van der Waals surface area contributed by atoms with Gasteiger partial charge < -0.3 is 16.0 Å². The number of hydrogen-bond acceptors (Lipinski definition) is 2. The summed E-state index contributed by atoms with van der Waals surface area (Å²) in [4.78, 5) is 11.6. The number of anilines is 1. The second kappa shape index (κ2) is 5.89. The zero-order valence-corrected chi connectivity index (χ0v) is 10.3. The molecule has 0 radical (unpaired) electrons. The number of nitrogens with one attached hydrogen (secondary N) is 3. The van der Waals surface area contributed by atoms with E-state index in [1.165, 1.54) is 0 Å². The third-order valence-electron chi connectivity index (χ3n) is 2.84. The van der Waals surface area contributed by atoms with E-state index in [1.54, 1.807) is 12.1 Å². The molecule has 2 amide bonds. The third-order valence-corrected chi connectivity index (χ3v) is 3.17. The zero-order chi connectivity index (χ0) is 12.1. The van der Waals surface area contributed by atoms with Gasteiger partial charge in [-0.25, -0.2) is 4.79 Å². The first-order chi connectivity index (χ1) is 8.25. The van der Waals surface area contributed by atoms with Gasteiger partial charge in [0.05, 0.1) is 10.7 Å². The number of urea groups is 1. The molecule has 1 fully saturated rings. The van der Waals surface area contributed by atoms with Gasteiger partial charge in [0.1, 0.15) is 0 Å². The molecule has 92 valence electrons. The topological polar surface area (TPSA) is 53.2 Å². The molecule has 0 saturated carbocycles. The summed E-state index contributed by atoms with van der Waals surface area (Å²) in [6.07, 6.45) is 1.12. The molecule has 1 aromatic rings. The lowest BCUT2D eigenvalue weighted by molar-refractivity contribution is 0.250. The number of para-hydroxylation sites is 1. The normalized spacial score (nSPS) is 19.0. The minimum atomic E-state index is -0.204. The van der Waals surface area contributed by atoms with Crippen LogP contribution in [0.3, 0.4) is 0 Å². The van der Waals surface area contributed by atoms with E-state index >= 15 is 0 Å². The van der Waals surface area contributed by atoms with Crippen LogP contribution in [-0.2, 0) is 0 Å². The van der Waals surface area contributed by atoms with Gasteiger partial charge in [-0.15, -0.1) is 0 Å². The third kappa shape index (κ3) is 3.61. The highest BCUT2D eigenvalue weighted by Gasteiger charge is 2.15. The summed E-state index contributed by atoms with van der Waals surface area (Å²) in [6.45, 7) is 2.72. The molecule has 4 nitrogen and oxygen atoms in total. The Morgan fingerprint density at radius 3 is 3.00 bits per heavy atom. The molecule has 0 aliphatic carbocycles. The van der Waals surface area contributed by atoms with Crippen molar-refractivity contribution in [1.29, 1.82) is 0 Å². The van der Waals surface area contributed by atoms with E-state index in [4.69, 9.17) is 11.6 Å². The van der Waals surface area contributed by atoms with Crippen LogP contribution >= 0.6 is 11.6 Å². The molecule has 1 aliphatic heterocycles. The van der Waals surface area contributed by atoms with Gasteiger partial charge >= 0.3 is 6.03 Å². The lowest BCUT2D eigenvalue weighted by Gasteiger charge is -2.11. The number of amides is 2. The predicted octanol–water partition coefficient (Wildman–Crippen LogP) is 2.07. The minimum absolute atomic E-state index is 0.204. The molecular weight excluding hydrogens is 238 g/mol. The van der Waals surface area contributed by atoms with Crippen LogP contribution in [-0.4, -0.2) is 25.7 Å². The second-order valence-corrected chi connectivity index (χ2v) is 4.58. The van der Waals surface area contributed by atoms with E-state index in [0.29, 0.717) is 23.2 Å². The van der Waals surface area contributed by atoms with Crippen LogP contribution in [0.15, 0.2) is 24.3 Å². The summed E-state index contributed by atoms with van der Waals surface area (Å²) < 4.78 is 0. The summed E-state index contributed by atoms with van der Waals surface area (Å²) in [7, 11) is 0. The number of carbonyl (C=O) groups is 1. The fourth-order valence-corrected chi connectivity index (χ4v) is 2.04. The second-order valence-electron chi connectivity index (χ2n) is 4.17. The van der Waals surface area contributed by atoms with Gasteiger partial charge in [0.2, 0.25) is 0 Å². The Labute approximate surface area is 106 Å². The molecule has 0 bridgehead atoms. The summed E-state index contributed by atoms with van der Waals surface area (Å²) in [6, 6.07) is 6.99. The molecule has 1 saturated heterocycles. The lowest BCUT2D eigenvalue weighted by atomic mass is 10.1. The monoisotopic (exact) mass is 253 g/mol. The van der Waals surface area contributed by atoms with E-state index < -0.39 is 0 Å². The molecule has 17 heavy (non-hydrogen) atoms. The number of carbonyl (C=O) groups excluding carboxylic acids is 1. The van der Waals surface area contributed by atoms with Crippen LogP contribution in [0.4, 0.5) is 10.5 Å². The first-order valence-corrected chi connectivity index (χ1v) is 6.13. The van der Waals surface area contributed by atoms with E-state index in [2.05, 4.69) is 16.0 Å². The molecule has 1 heterocycles. The molecule has 2 rings (SSSR count). The fraction of sp³-hybridized carbons (Fsp3) is 0.417. The summed E-state index contributed by atoms with van der Waals surface area (Å²) in [5.41, 5.74) is 0.635. The maximum Gasteiger partial charge on any atom is 0.319 e. The molecule has 3 N–H and O–H groups in total. The largest absolute Gasteiger partial charge is 0.338 e. The highest BCUT2D eigenvalue weighted by molar-refractivity contribution is 6.33. The predicted molar refractivity (Wildman–Crippen MR) is 69.5 cm³/mol. The van der Waals surface area contributed by atoms with Crippen molar-refractivity contribution in [2.24, 2.45) is 5.92 Å². The molecule has 1 unspecified atom stereocenters. The Hall–Kier alpha value is -1.26. The minimum Gasteiger partial charge on any atom is -0.338 e. The van der Waals surface area contributed by atoms with Crippen molar-refractivity contribution in [3.05, 3.63) is 29.3 Å². The number of rotatable bonds is 3. The molecule has 0 spiro atoms. The quantitative estimate of drug-likeness (QED) is 0.773. The molecular formula is C12H16ClN3O. The summed E-state index contributed by atoms with van der Waals surface area (Å²) in [5.74, 6) is 0.534. The van der Waals surface area contributed by atoms with Gasteiger partial charge in [-0.05, 0) is 37.6 Å². The van der Waals surface area contributed by atoms with Crippen molar-refractivity contribution in [2.45, 2.75) is 6.42 Å². The van der Waals surface area contributed by atoms with Crippen LogP contribution in [0.2, 0.25) is 5.02 Å². The van der Waals surface area contributed by atoms with Gasteiger partial charge in [0.25, 0.3) is 0 Å². The molecule has 0 aromatic heterocycles. The molecule has 5 heteroatoms. The van der Waals surface area contributed by atoms with Crippen molar-refractivity contribution in [1.82, 2.24) is 10.6 Å². The van der Waals surface area contributed by atoms with Crippen LogP contribution in [0.5, 0.6) is 0 Å². The first kappa shape index (κ1) is 12.2. The van der Waals surface area contributed by atoms with Crippen molar-refractivity contribution >= 4 is 23.3 Å². The highest BCUT2D eigenvalue weighted by Crippen LogP contribution is 2.20. The number of hydrogen-bond donors (Lipinski definition) is 3. The van der Waals surface area contributed by atoms with E-state index in [-0.39, 0.29) is 6.03 Å². The molecule has 1 aromatic carbocycles. The van der Waals surface area contributed by atoms with Gasteiger partial charge in [0.15, 0.2) is 0 Å². The smallest absolute Gasteiger partial charge is 0.319 e. The SMILES string of the molecule is O=C(NCC1CCNC1)Nc1ccccc1Cl.